The average Bonchev–Trinajstić information content (AvgIpc) is 2.41. The van der Waals surface area contributed by atoms with Crippen molar-refractivity contribution in [3.8, 4) is 5.75 Å². The number of benzene rings is 2. The van der Waals surface area contributed by atoms with Crippen LogP contribution in [0.3, 0.4) is 0 Å². The molecule has 0 saturated carbocycles. The van der Waals surface area contributed by atoms with Gasteiger partial charge in [-0.05, 0) is 49.6 Å². The molecule has 0 bridgehead atoms. The molecule has 0 aromatic heterocycles. The van der Waals surface area contributed by atoms with Gasteiger partial charge in [0.2, 0.25) is 0 Å². The highest BCUT2D eigenvalue weighted by atomic mass is 35.5. The lowest BCUT2D eigenvalue weighted by molar-refractivity contribution is 0.242. The van der Waals surface area contributed by atoms with E-state index in [2.05, 4.69) is 0 Å². The zero-order valence-electron chi connectivity index (χ0n) is 11.8. The molecule has 2 N–H and O–H groups in total. The van der Waals surface area contributed by atoms with E-state index in [-0.39, 0.29) is 12.1 Å². The fraction of sp³-hybridized carbons (Fsp3) is 0.294. The van der Waals surface area contributed by atoms with Crippen LogP contribution >= 0.6 is 11.6 Å². The molecule has 20 heavy (non-hydrogen) atoms. The molecule has 2 nitrogen and oxygen atoms in total. The molecular formula is C17H20ClNO. The fourth-order valence-corrected chi connectivity index (χ4v) is 2.30. The lowest BCUT2D eigenvalue weighted by Crippen LogP contribution is -2.13. The maximum atomic E-state index is 6.25. The molecule has 2 rings (SSSR count). The van der Waals surface area contributed by atoms with Gasteiger partial charge in [-0.1, -0.05) is 41.9 Å². The lowest BCUT2D eigenvalue weighted by Gasteiger charge is -2.15. The van der Waals surface area contributed by atoms with Gasteiger partial charge in [0.25, 0.3) is 0 Å². The number of nitrogens with two attached hydrogens (primary N) is 1. The molecule has 0 radical (unpaired) electrons. The highest BCUT2D eigenvalue weighted by Crippen LogP contribution is 2.23. The van der Waals surface area contributed by atoms with Crippen molar-refractivity contribution in [3.63, 3.8) is 0 Å². The Hall–Kier alpha value is -1.51. The van der Waals surface area contributed by atoms with Gasteiger partial charge >= 0.3 is 0 Å². The monoisotopic (exact) mass is 289 g/mol. The maximum absolute atomic E-state index is 6.25. The summed E-state index contributed by atoms with van der Waals surface area (Å²) in [6.07, 6.45) is 0.905. The highest BCUT2D eigenvalue weighted by Gasteiger charge is 2.09. The van der Waals surface area contributed by atoms with Crippen molar-refractivity contribution in [2.45, 2.75) is 32.4 Å². The third-order valence-electron chi connectivity index (χ3n) is 3.08. The Bertz CT molecular complexity index is 551. The Morgan fingerprint density at radius 1 is 1.05 bits per heavy atom. The summed E-state index contributed by atoms with van der Waals surface area (Å²) in [6, 6.07) is 15.7. The Kier molecular flexibility index (Phi) is 5.05. The van der Waals surface area contributed by atoms with Crippen LogP contribution in [0.25, 0.3) is 0 Å². The van der Waals surface area contributed by atoms with Crippen LogP contribution in [-0.4, -0.2) is 6.10 Å². The second kappa shape index (κ2) is 6.78. The average molecular weight is 290 g/mol. The van der Waals surface area contributed by atoms with E-state index in [4.69, 9.17) is 22.1 Å². The van der Waals surface area contributed by atoms with Crippen molar-refractivity contribution in [1.82, 2.24) is 0 Å². The van der Waals surface area contributed by atoms with Gasteiger partial charge in [-0.15, -0.1) is 0 Å². The van der Waals surface area contributed by atoms with Gasteiger partial charge in [-0.3, -0.25) is 0 Å². The molecule has 0 spiro atoms. The van der Waals surface area contributed by atoms with Gasteiger partial charge in [0.15, 0.2) is 0 Å². The van der Waals surface area contributed by atoms with E-state index < -0.39 is 0 Å². The Balaban J connectivity index is 2.06. The van der Waals surface area contributed by atoms with Crippen molar-refractivity contribution in [1.29, 1.82) is 0 Å². The number of halogens is 1. The molecule has 2 aromatic rings. The van der Waals surface area contributed by atoms with Crippen molar-refractivity contribution in [2.24, 2.45) is 5.73 Å². The van der Waals surface area contributed by atoms with E-state index in [1.54, 1.807) is 0 Å². The summed E-state index contributed by atoms with van der Waals surface area (Å²) in [7, 11) is 0. The third kappa shape index (κ3) is 3.99. The Labute approximate surface area is 125 Å². The van der Waals surface area contributed by atoms with Gasteiger partial charge in [0.1, 0.15) is 5.75 Å². The smallest absolute Gasteiger partial charge is 0.119 e. The fourth-order valence-electron chi connectivity index (χ4n) is 2.08. The number of rotatable bonds is 5. The molecule has 3 heteroatoms. The second-order valence-corrected chi connectivity index (χ2v) is 5.54. The molecule has 0 aliphatic carbocycles. The largest absolute Gasteiger partial charge is 0.491 e. The zero-order chi connectivity index (χ0) is 14.5. The third-order valence-corrected chi connectivity index (χ3v) is 3.45. The molecule has 0 aliphatic rings. The van der Waals surface area contributed by atoms with Crippen LogP contribution in [-0.2, 0) is 6.42 Å². The molecule has 2 aromatic carbocycles. The molecule has 106 valence electrons. The van der Waals surface area contributed by atoms with Crippen molar-refractivity contribution in [2.75, 3.05) is 0 Å². The topological polar surface area (TPSA) is 35.2 Å². The van der Waals surface area contributed by atoms with Crippen LogP contribution in [0.15, 0.2) is 48.5 Å². The van der Waals surface area contributed by atoms with Crippen LogP contribution in [0.5, 0.6) is 5.75 Å². The molecule has 1 atom stereocenters. The first-order valence-corrected chi connectivity index (χ1v) is 7.19. The number of ether oxygens (including phenoxy) is 1. The molecule has 0 amide bonds. The minimum absolute atomic E-state index is 0.0667. The number of hydrogen-bond acceptors (Lipinski definition) is 2. The molecule has 0 fully saturated rings. The van der Waals surface area contributed by atoms with Crippen molar-refractivity contribution < 1.29 is 4.74 Å². The molecule has 1 unspecified atom stereocenters. The van der Waals surface area contributed by atoms with Gasteiger partial charge < -0.3 is 10.5 Å². The van der Waals surface area contributed by atoms with E-state index in [0.29, 0.717) is 0 Å². The Morgan fingerprint density at radius 2 is 1.70 bits per heavy atom. The summed E-state index contributed by atoms with van der Waals surface area (Å²) in [4.78, 5) is 0. The van der Waals surface area contributed by atoms with Gasteiger partial charge in [0.05, 0.1) is 6.10 Å². The maximum Gasteiger partial charge on any atom is 0.119 e. The summed E-state index contributed by atoms with van der Waals surface area (Å²) in [6.45, 7) is 4.02. The normalized spacial score (nSPS) is 12.4. The van der Waals surface area contributed by atoms with E-state index in [1.807, 2.05) is 62.4 Å². The summed E-state index contributed by atoms with van der Waals surface area (Å²) in [5.74, 6) is 0.869. The minimum atomic E-state index is -0.0667. The van der Waals surface area contributed by atoms with Crippen LogP contribution in [0.2, 0.25) is 5.02 Å². The van der Waals surface area contributed by atoms with Crippen LogP contribution < -0.4 is 10.5 Å². The van der Waals surface area contributed by atoms with E-state index in [1.165, 1.54) is 0 Å². The molecule has 0 aliphatic heterocycles. The first-order valence-electron chi connectivity index (χ1n) is 6.82. The summed E-state index contributed by atoms with van der Waals surface area (Å²) < 4.78 is 5.62. The minimum Gasteiger partial charge on any atom is -0.491 e. The first-order chi connectivity index (χ1) is 9.56. The molecular weight excluding hydrogens is 270 g/mol. The van der Waals surface area contributed by atoms with Crippen LogP contribution in [0.4, 0.5) is 0 Å². The first kappa shape index (κ1) is 14.9. The summed E-state index contributed by atoms with van der Waals surface area (Å²) in [5, 5.41) is 0.766. The Morgan fingerprint density at radius 3 is 2.30 bits per heavy atom. The van der Waals surface area contributed by atoms with Gasteiger partial charge in [-0.25, -0.2) is 0 Å². The van der Waals surface area contributed by atoms with Gasteiger partial charge in [0, 0.05) is 11.1 Å². The van der Waals surface area contributed by atoms with E-state index in [9.17, 15) is 0 Å². The van der Waals surface area contributed by atoms with Crippen molar-refractivity contribution in [3.05, 3.63) is 64.7 Å². The quantitative estimate of drug-likeness (QED) is 0.887. The lowest BCUT2D eigenvalue weighted by atomic mass is 9.99. The predicted octanol–water partition coefficient (Wildman–Crippen LogP) is 4.37. The summed E-state index contributed by atoms with van der Waals surface area (Å²) >= 11 is 6.16. The van der Waals surface area contributed by atoms with E-state index in [0.717, 1.165) is 28.3 Å². The van der Waals surface area contributed by atoms with Gasteiger partial charge in [-0.2, -0.15) is 0 Å². The van der Waals surface area contributed by atoms with Crippen LogP contribution in [0.1, 0.15) is 31.0 Å². The number of hydrogen-bond donors (Lipinski definition) is 1. The molecule has 0 heterocycles. The van der Waals surface area contributed by atoms with Crippen LogP contribution in [0, 0.1) is 0 Å². The standard InChI is InChI=1S/C17H20ClNO/c1-12(2)20-15-9-7-13(8-10-15)17(19)11-14-5-3-4-6-16(14)18/h3-10,12,17H,11,19H2,1-2H3. The highest BCUT2D eigenvalue weighted by molar-refractivity contribution is 6.31. The zero-order valence-corrected chi connectivity index (χ0v) is 12.6. The SMILES string of the molecule is CC(C)Oc1ccc(C(N)Cc2ccccc2Cl)cc1. The van der Waals surface area contributed by atoms with E-state index >= 15 is 0 Å². The predicted molar refractivity (Wildman–Crippen MR) is 84.3 cm³/mol. The second-order valence-electron chi connectivity index (χ2n) is 5.14. The molecule has 0 saturated heterocycles. The van der Waals surface area contributed by atoms with Crippen molar-refractivity contribution >= 4 is 11.6 Å². The summed E-state index contributed by atoms with van der Waals surface area (Å²) in [5.41, 5.74) is 8.41.